The number of aryl methyl sites for hydroxylation is 1. The highest BCUT2D eigenvalue weighted by Crippen LogP contribution is 2.32. The van der Waals surface area contributed by atoms with Gasteiger partial charge in [-0.3, -0.25) is 0 Å². The van der Waals surface area contributed by atoms with Gasteiger partial charge >= 0.3 is 0 Å². The van der Waals surface area contributed by atoms with E-state index in [0.29, 0.717) is 5.92 Å². The molecule has 3 heteroatoms. The predicted molar refractivity (Wildman–Crippen MR) is 77.5 cm³/mol. The highest BCUT2D eigenvalue weighted by Gasteiger charge is 2.16. The highest BCUT2D eigenvalue weighted by molar-refractivity contribution is 9.10. The smallest absolute Gasteiger partial charge is 0.0484 e. The van der Waals surface area contributed by atoms with Crippen molar-refractivity contribution in [3.63, 3.8) is 0 Å². The number of aromatic nitrogens is 1. The highest BCUT2D eigenvalue weighted by atomic mass is 79.9. The minimum absolute atomic E-state index is 0.537. The van der Waals surface area contributed by atoms with Crippen molar-refractivity contribution in [3.8, 4) is 0 Å². The first kappa shape index (κ1) is 12.7. The van der Waals surface area contributed by atoms with E-state index in [9.17, 15) is 0 Å². The molecule has 1 aromatic carbocycles. The molecule has 0 aliphatic carbocycles. The van der Waals surface area contributed by atoms with Crippen molar-refractivity contribution in [1.29, 1.82) is 0 Å². The molecule has 17 heavy (non-hydrogen) atoms. The van der Waals surface area contributed by atoms with Crippen molar-refractivity contribution in [2.24, 2.45) is 7.05 Å². The fourth-order valence-corrected chi connectivity index (χ4v) is 2.97. The first-order valence-corrected chi connectivity index (χ1v) is 6.76. The van der Waals surface area contributed by atoms with Crippen LogP contribution in [0.3, 0.4) is 0 Å². The molecular weight excluding hydrogens is 276 g/mol. The third kappa shape index (κ3) is 2.14. The summed E-state index contributed by atoms with van der Waals surface area (Å²) in [6.45, 7) is 5.42. The normalized spacial score (nSPS) is 11.6. The van der Waals surface area contributed by atoms with E-state index < -0.39 is 0 Å². The second-order valence-corrected chi connectivity index (χ2v) is 5.68. The van der Waals surface area contributed by atoms with Gasteiger partial charge in [-0.25, -0.2) is 0 Å². The van der Waals surface area contributed by atoms with Crippen molar-refractivity contribution >= 4 is 26.8 Å². The summed E-state index contributed by atoms with van der Waals surface area (Å²) in [6.07, 6.45) is 0. The van der Waals surface area contributed by atoms with E-state index in [0.717, 1.165) is 11.0 Å². The lowest BCUT2D eigenvalue weighted by Gasteiger charge is -2.11. The SMILES string of the molecule is CNCc1c(C(C)C)n(C)c2ccc(Br)cc12. The molecule has 0 amide bonds. The maximum Gasteiger partial charge on any atom is 0.0484 e. The second-order valence-electron chi connectivity index (χ2n) is 4.77. The van der Waals surface area contributed by atoms with E-state index in [1.807, 2.05) is 7.05 Å². The Kier molecular flexibility index (Phi) is 3.59. The second kappa shape index (κ2) is 4.83. The Labute approximate surface area is 111 Å². The third-order valence-corrected chi connectivity index (χ3v) is 3.71. The molecule has 1 heterocycles. The number of fused-ring (bicyclic) bond motifs is 1. The number of benzene rings is 1. The number of hydrogen-bond donors (Lipinski definition) is 1. The summed E-state index contributed by atoms with van der Waals surface area (Å²) in [5.74, 6) is 0.537. The summed E-state index contributed by atoms with van der Waals surface area (Å²) in [5.41, 5.74) is 4.15. The Morgan fingerprint density at radius 1 is 1.35 bits per heavy atom. The fourth-order valence-electron chi connectivity index (χ4n) is 2.61. The van der Waals surface area contributed by atoms with Crippen LogP contribution in [0, 0.1) is 0 Å². The van der Waals surface area contributed by atoms with Crippen LogP contribution in [0.1, 0.15) is 31.0 Å². The Morgan fingerprint density at radius 2 is 2.06 bits per heavy atom. The molecular formula is C14H19BrN2. The van der Waals surface area contributed by atoms with E-state index in [1.165, 1.54) is 22.2 Å². The van der Waals surface area contributed by atoms with Gasteiger partial charge in [0.2, 0.25) is 0 Å². The summed E-state index contributed by atoms with van der Waals surface area (Å²) in [5, 5.41) is 4.62. The number of rotatable bonds is 3. The van der Waals surface area contributed by atoms with E-state index in [1.54, 1.807) is 0 Å². The molecule has 2 aromatic rings. The van der Waals surface area contributed by atoms with Crippen LogP contribution in [0.5, 0.6) is 0 Å². The minimum Gasteiger partial charge on any atom is -0.347 e. The zero-order chi connectivity index (χ0) is 12.6. The summed E-state index contributed by atoms with van der Waals surface area (Å²) < 4.78 is 3.46. The molecule has 1 N–H and O–H groups in total. The number of nitrogens with zero attached hydrogens (tertiary/aromatic N) is 1. The van der Waals surface area contributed by atoms with Crippen LogP contribution >= 0.6 is 15.9 Å². The van der Waals surface area contributed by atoms with Gasteiger partial charge in [-0.05, 0) is 36.7 Å². The zero-order valence-corrected chi connectivity index (χ0v) is 12.4. The van der Waals surface area contributed by atoms with Gasteiger partial charge in [0.05, 0.1) is 0 Å². The van der Waals surface area contributed by atoms with Crippen molar-refractivity contribution in [1.82, 2.24) is 9.88 Å². The quantitative estimate of drug-likeness (QED) is 0.911. The Morgan fingerprint density at radius 3 is 2.65 bits per heavy atom. The van der Waals surface area contributed by atoms with Crippen LogP contribution in [0.4, 0.5) is 0 Å². The molecule has 0 bridgehead atoms. The Bertz CT molecular complexity index is 541. The Balaban J connectivity index is 2.78. The zero-order valence-electron chi connectivity index (χ0n) is 10.8. The molecule has 0 aliphatic rings. The van der Waals surface area contributed by atoms with E-state index in [2.05, 4.69) is 64.9 Å². The topological polar surface area (TPSA) is 17.0 Å². The molecule has 0 atom stereocenters. The monoisotopic (exact) mass is 294 g/mol. The summed E-state index contributed by atoms with van der Waals surface area (Å²) in [7, 11) is 4.16. The molecule has 0 saturated carbocycles. The van der Waals surface area contributed by atoms with Gasteiger partial charge in [-0.2, -0.15) is 0 Å². The molecule has 2 rings (SSSR count). The molecule has 1 aromatic heterocycles. The van der Waals surface area contributed by atoms with Crippen molar-refractivity contribution < 1.29 is 0 Å². The lowest BCUT2D eigenvalue weighted by atomic mass is 10.0. The molecule has 0 fully saturated rings. The van der Waals surface area contributed by atoms with Crippen LogP contribution in [0.2, 0.25) is 0 Å². The third-order valence-electron chi connectivity index (χ3n) is 3.22. The van der Waals surface area contributed by atoms with Crippen LogP contribution in [0.25, 0.3) is 10.9 Å². The van der Waals surface area contributed by atoms with Gasteiger partial charge in [0.15, 0.2) is 0 Å². The average molecular weight is 295 g/mol. The number of nitrogens with one attached hydrogen (secondary N) is 1. The van der Waals surface area contributed by atoms with E-state index in [4.69, 9.17) is 0 Å². The van der Waals surface area contributed by atoms with Gasteiger partial charge < -0.3 is 9.88 Å². The number of hydrogen-bond acceptors (Lipinski definition) is 1. The molecule has 0 radical (unpaired) electrons. The van der Waals surface area contributed by atoms with Gasteiger partial charge in [0, 0.05) is 34.7 Å². The Hall–Kier alpha value is -0.800. The lowest BCUT2D eigenvalue weighted by Crippen LogP contribution is -2.09. The first-order valence-electron chi connectivity index (χ1n) is 5.97. The molecule has 0 aliphatic heterocycles. The van der Waals surface area contributed by atoms with Crippen LogP contribution in [-0.4, -0.2) is 11.6 Å². The summed E-state index contributed by atoms with van der Waals surface area (Å²) in [6, 6.07) is 6.51. The van der Waals surface area contributed by atoms with Crippen molar-refractivity contribution in [2.75, 3.05) is 7.05 Å². The summed E-state index contributed by atoms with van der Waals surface area (Å²) in [4.78, 5) is 0. The molecule has 0 unspecified atom stereocenters. The van der Waals surface area contributed by atoms with Crippen LogP contribution < -0.4 is 5.32 Å². The first-order chi connectivity index (χ1) is 8.06. The maximum absolute atomic E-state index is 3.56. The standard InChI is InChI=1S/C14H19BrN2/c1-9(2)14-12(8-16-3)11-7-10(15)5-6-13(11)17(14)4/h5-7,9,16H,8H2,1-4H3. The van der Waals surface area contributed by atoms with Gasteiger partial charge in [0.25, 0.3) is 0 Å². The van der Waals surface area contributed by atoms with E-state index >= 15 is 0 Å². The molecule has 0 saturated heterocycles. The van der Waals surface area contributed by atoms with Crippen LogP contribution in [0.15, 0.2) is 22.7 Å². The predicted octanol–water partition coefficient (Wildman–Crippen LogP) is 3.78. The van der Waals surface area contributed by atoms with Gasteiger partial charge in [0.1, 0.15) is 0 Å². The van der Waals surface area contributed by atoms with E-state index in [-0.39, 0.29) is 0 Å². The summed E-state index contributed by atoms with van der Waals surface area (Å²) >= 11 is 3.56. The largest absolute Gasteiger partial charge is 0.347 e. The van der Waals surface area contributed by atoms with Crippen LogP contribution in [-0.2, 0) is 13.6 Å². The van der Waals surface area contributed by atoms with Crippen molar-refractivity contribution in [3.05, 3.63) is 33.9 Å². The van der Waals surface area contributed by atoms with Gasteiger partial charge in [-0.15, -0.1) is 0 Å². The molecule has 0 spiro atoms. The number of halogens is 1. The average Bonchev–Trinajstić information content (AvgIpc) is 2.52. The minimum atomic E-state index is 0.537. The fraction of sp³-hybridized carbons (Fsp3) is 0.429. The van der Waals surface area contributed by atoms with Crippen molar-refractivity contribution in [2.45, 2.75) is 26.3 Å². The molecule has 92 valence electrons. The maximum atomic E-state index is 3.56. The van der Waals surface area contributed by atoms with Gasteiger partial charge in [-0.1, -0.05) is 29.8 Å². The molecule has 2 nitrogen and oxygen atoms in total. The lowest BCUT2D eigenvalue weighted by molar-refractivity contribution is 0.719.